The Balaban J connectivity index is 1.43. The van der Waals surface area contributed by atoms with Crippen LogP contribution in [-0.2, 0) is 18.4 Å². The van der Waals surface area contributed by atoms with Crippen molar-refractivity contribution in [3.8, 4) is 0 Å². The zero-order valence-corrected chi connectivity index (χ0v) is 14.4. The van der Waals surface area contributed by atoms with Crippen LogP contribution in [0, 0.1) is 5.92 Å². The molecule has 1 N–H and O–H groups in total. The van der Waals surface area contributed by atoms with E-state index in [0.717, 1.165) is 18.5 Å². The van der Waals surface area contributed by atoms with Crippen LogP contribution < -0.4 is 5.32 Å². The van der Waals surface area contributed by atoms with Crippen LogP contribution in [0.25, 0.3) is 0 Å². The molecule has 1 aromatic rings. The molecule has 0 radical (unpaired) electrons. The maximum atomic E-state index is 12.5. The lowest BCUT2D eigenvalue weighted by Crippen LogP contribution is -2.54. The van der Waals surface area contributed by atoms with Gasteiger partial charge in [-0.2, -0.15) is 5.10 Å². The molecular weight excluding hydrogens is 306 g/mol. The van der Waals surface area contributed by atoms with Gasteiger partial charge < -0.3 is 15.1 Å². The minimum atomic E-state index is -0.0686. The second-order valence-corrected chi connectivity index (χ2v) is 6.75. The lowest BCUT2D eigenvalue weighted by molar-refractivity contribution is -0.138. The van der Waals surface area contributed by atoms with Crippen molar-refractivity contribution in [3.63, 3.8) is 0 Å². The normalized spacial score (nSPS) is 19.4. The second kappa shape index (κ2) is 7.68. The van der Waals surface area contributed by atoms with Crippen LogP contribution in [-0.4, -0.2) is 57.7 Å². The van der Waals surface area contributed by atoms with E-state index in [9.17, 15) is 9.59 Å². The fraction of sp³-hybridized carbons (Fsp3) is 0.706. The highest BCUT2D eigenvalue weighted by Crippen LogP contribution is 2.25. The predicted molar refractivity (Wildman–Crippen MR) is 90.2 cm³/mol. The van der Waals surface area contributed by atoms with Gasteiger partial charge in [-0.1, -0.05) is 19.3 Å². The molecule has 1 aromatic heterocycles. The van der Waals surface area contributed by atoms with Crippen molar-refractivity contribution in [2.24, 2.45) is 13.0 Å². The highest BCUT2D eigenvalue weighted by Gasteiger charge is 2.29. The minimum absolute atomic E-state index is 0.0686. The van der Waals surface area contributed by atoms with Crippen LogP contribution in [0.1, 0.15) is 37.8 Å². The van der Waals surface area contributed by atoms with Crippen molar-refractivity contribution in [2.45, 2.75) is 38.6 Å². The molecule has 3 rings (SSSR count). The van der Waals surface area contributed by atoms with E-state index in [1.807, 2.05) is 18.0 Å². The summed E-state index contributed by atoms with van der Waals surface area (Å²) in [7, 11) is 1.86. The molecule has 7 heteroatoms. The van der Waals surface area contributed by atoms with Gasteiger partial charge in [0.1, 0.15) is 0 Å². The number of nitrogens with one attached hydrogen (secondary N) is 1. The first kappa shape index (κ1) is 16.8. The van der Waals surface area contributed by atoms with Crippen LogP contribution in [0.5, 0.6) is 0 Å². The summed E-state index contributed by atoms with van der Waals surface area (Å²) in [4.78, 5) is 28.5. The lowest BCUT2D eigenvalue weighted by Gasteiger charge is -2.37. The van der Waals surface area contributed by atoms with Crippen molar-refractivity contribution in [1.29, 1.82) is 0 Å². The van der Waals surface area contributed by atoms with Gasteiger partial charge in [-0.15, -0.1) is 0 Å². The molecule has 132 valence electrons. The third kappa shape index (κ3) is 3.88. The Morgan fingerprint density at radius 2 is 1.79 bits per heavy atom. The van der Waals surface area contributed by atoms with E-state index in [-0.39, 0.29) is 11.9 Å². The van der Waals surface area contributed by atoms with Gasteiger partial charge in [-0.25, -0.2) is 4.79 Å². The number of rotatable bonds is 3. The van der Waals surface area contributed by atoms with E-state index in [4.69, 9.17) is 0 Å². The third-order valence-electron chi connectivity index (χ3n) is 5.18. The van der Waals surface area contributed by atoms with E-state index in [1.165, 1.54) is 19.3 Å². The van der Waals surface area contributed by atoms with Gasteiger partial charge in [-0.05, 0) is 18.9 Å². The molecule has 7 nitrogen and oxygen atoms in total. The summed E-state index contributed by atoms with van der Waals surface area (Å²) in [5.41, 5.74) is 0.967. The number of carbonyl (C=O) groups is 2. The quantitative estimate of drug-likeness (QED) is 0.908. The molecule has 2 heterocycles. The molecule has 0 bridgehead atoms. The van der Waals surface area contributed by atoms with Crippen LogP contribution in [0.2, 0.25) is 0 Å². The van der Waals surface area contributed by atoms with Gasteiger partial charge in [0.15, 0.2) is 0 Å². The SMILES string of the molecule is Cn1nccc1CNC(=O)N1CCN(C(=O)C2CCCCC2)CC1. The summed E-state index contributed by atoms with van der Waals surface area (Å²) >= 11 is 0. The van der Waals surface area contributed by atoms with E-state index in [1.54, 1.807) is 15.8 Å². The lowest BCUT2D eigenvalue weighted by atomic mass is 9.88. The van der Waals surface area contributed by atoms with Crippen molar-refractivity contribution in [3.05, 3.63) is 18.0 Å². The van der Waals surface area contributed by atoms with Crippen molar-refractivity contribution < 1.29 is 9.59 Å². The first-order valence-electron chi connectivity index (χ1n) is 8.93. The van der Waals surface area contributed by atoms with E-state index >= 15 is 0 Å². The average Bonchev–Trinajstić information content (AvgIpc) is 3.05. The van der Waals surface area contributed by atoms with Crippen LogP contribution in [0.15, 0.2) is 12.3 Å². The molecule has 1 aliphatic carbocycles. The number of carbonyl (C=O) groups excluding carboxylic acids is 2. The zero-order valence-electron chi connectivity index (χ0n) is 14.4. The number of nitrogens with zero attached hydrogens (tertiary/aromatic N) is 4. The Bertz CT molecular complexity index is 571. The molecule has 0 unspecified atom stereocenters. The first-order valence-corrected chi connectivity index (χ1v) is 8.93. The largest absolute Gasteiger partial charge is 0.339 e. The molecular formula is C17H27N5O2. The molecule has 1 saturated heterocycles. The van der Waals surface area contributed by atoms with E-state index in [0.29, 0.717) is 38.6 Å². The summed E-state index contributed by atoms with van der Waals surface area (Å²) in [6.07, 6.45) is 7.39. The maximum Gasteiger partial charge on any atom is 0.317 e. The molecule has 2 fully saturated rings. The fourth-order valence-electron chi connectivity index (χ4n) is 3.59. The number of aromatic nitrogens is 2. The summed E-state index contributed by atoms with van der Waals surface area (Å²) in [6, 6.07) is 1.82. The predicted octanol–water partition coefficient (Wildman–Crippen LogP) is 1.35. The average molecular weight is 333 g/mol. The van der Waals surface area contributed by atoms with E-state index in [2.05, 4.69) is 10.4 Å². The van der Waals surface area contributed by atoms with Crippen LogP contribution in [0.4, 0.5) is 4.79 Å². The maximum absolute atomic E-state index is 12.5. The summed E-state index contributed by atoms with van der Waals surface area (Å²) in [5.74, 6) is 0.508. The number of hydrogen-bond donors (Lipinski definition) is 1. The second-order valence-electron chi connectivity index (χ2n) is 6.75. The van der Waals surface area contributed by atoms with Crippen LogP contribution in [0.3, 0.4) is 0 Å². The zero-order chi connectivity index (χ0) is 16.9. The minimum Gasteiger partial charge on any atom is -0.339 e. The van der Waals surface area contributed by atoms with Crippen molar-refractivity contribution in [1.82, 2.24) is 24.9 Å². The van der Waals surface area contributed by atoms with Gasteiger partial charge in [0.2, 0.25) is 5.91 Å². The Hall–Kier alpha value is -2.05. The molecule has 24 heavy (non-hydrogen) atoms. The number of urea groups is 1. The molecule has 0 atom stereocenters. The van der Waals surface area contributed by atoms with E-state index < -0.39 is 0 Å². The Labute approximate surface area is 143 Å². The molecule has 2 aliphatic rings. The smallest absolute Gasteiger partial charge is 0.317 e. The third-order valence-corrected chi connectivity index (χ3v) is 5.18. The summed E-state index contributed by atoms with van der Waals surface area (Å²) < 4.78 is 1.75. The number of hydrogen-bond acceptors (Lipinski definition) is 3. The Morgan fingerprint density at radius 1 is 1.12 bits per heavy atom. The molecule has 0 aromatic carbocycles. The van der Waals surface area contributed by atoms with Crippen molar-refractivity contribution in [2.75, 3.05) is 26.2 Å². The van der Waals surface area contributed by atoms with Gasteiger partial charge in [0, 0.05) is 45.3 Å². The topological polar surface area (TPSA) is 70.5 Å². The number of amides is 3. The Morgan fingerprint density at radius 3 is 2.42 bits per heavy atom. The monoisotopic (exact) mass is 333 g/mol. The highest BCUT2D eigenvalue weighted by molar-refractivity contribution is 5.79. The highest BCUT2D eigenvalue weighted by atomic mass is 16.2. The molecule has 1 aliphatic heterocycles. The number of aryl methyl sites for hydroxylation is 1. The molecule has 0 spiro atoms. The summed E-state index contributed by atoms with van der Waals surface area (Å²) in [5, 5.41) is 7.01. The van der Waals surface area contributed by atoms with Gasteiger partial charge in [0.25, 0.3) is 0 Å². The Kier molecular flexibility index (Phi) is 5.37. The molecule has 3 amide bonds. The first-order chi connectivity index (χ1) is 11.6. The number of piperazine rings is 1. The van der Waals surface area contributed by atoms with Crippen molar-refractivity contribution >= 4 is 11.9 Å². The van der Waals surface area contributed by atoms with Gasteiger partial charge in [0.05, 0.1) is 12.2 Å². The fourth-order valence-corrected chi connectivity index (χ4v) is 3.59. The summed E-state index contributed by atoms with van der Waals surface area (Å²) in [6.45, 7) is 2.98. The molecule has 1 saturated carbocycles. The standard InChI is InChI=1S/C17H27N5O2/c1-20-15(7-8-19-20)13-18-17(24)22-11-9-21(10-12-22)16(23)14-5-3-2-4-6-14/h7-8,14H,2-6,9-13H2,1H3,(H,18,24). The van der Waals surface area contributed by atoms with Crippen LogP contribution >= 0.6 is 0 Å². The van der Waals surface area contributed by atoms with Gasteiger partial charge in [-0.3, -0.25) is 9.48 Å². The van der Waals surface area contributed by atoms with Gasteiger partial charge >= 0.3 is 6.03 Å².